The standard InChI is InChI=1S/C11H17ClN2O/c1-14(7-3-2-4-8-15)11-5-6-13-9-10(11)12/h5-6,9,15H,2-4,7-8H2,1H3. The number of rotatable bonds is 6. The Morgan fingerprint density at radius 3 is 2.87 bits per heavy atom. The minimum Gasteiger partial charge on any atom is -0.396 e. The Hall–Kier alpha value is -0.800. The van der Waals surface area contributed by atoms with E-state index in [-0.39, 0.29) is 6.61 Å². The van der Waals surface area contributed by atoms with Gasteiger partial charge in [-0.3, -0.25) is 4.98 Å². The maximum absolute atomic E-state index is 8.65. The minimum absolute atomic E-state index is 0.278. The van der Waals surface area contributed by atoms with Crippen molar-refractivity contribution in [1.29, 1.82) is 0 Å². The van der Waals surface area contributed by atoms with E-state index >= 15 is 0 Å². The Bertz CT molecular complexity index is 294. The van der Waals surface area contributed by atoms with Crippen LogP contribution in [0.3, 0.4) is 0 Å². The molecule has 0 unspecified atom stereocenters. The molecule has 0 aliphatic carbocycles. The van der Waals surface area contributed by atoms with Crippen LogP contribution in [0, 0.1) is 0 Å². The molecule has 0 bridgehead atoms. The van der Waals surface area contributed by atoms with Gasteiger partial charge in [0.25, 0.3) is 0 Å². The van der Waals surface area contributed by atoms with Gasteiger partial charge >= 0.3 is 0 Å². The Kier molecular flexibility index (Phi) is 5.43. The first-order chi connectivity index (χ1) is 7.25. The summed E-state index contributed by atoms with van der Waals surface area (Å²) in [4.78, 5) is 6.06. The molecule has 0 radical (unpaired) electrons. The summed E-state index contributed by atoms with van der Waals surface area (Å²) in [7, 11) is 2.01. The van der Waals surface area contributed by atoms with Crippen molar-refractivity contribution in [2.24, 2.45) is 0 Å². The molecule has 0 saturated heterocycles. The topological polar surface area (TPSA) is 36.4 Å². The Morgan fingerprint density at radius 1 is 1.40 bits per heavy atom. The maximum Gasteiger partial charge on any atom is 0.0822 e. The highest BCUT2D eigenvalue weighted by Crippen LogP contribution is 2.22. The molecule has 1 rings (SSSR count). The van der Waals surface area contributed by atoms with E-state index in [1.807, 2.05) is 13.1 Å². The highest BCUT2D eigenvalue weighted by atomic mass is 35.5. The third kappa shape index (κ3) is 4.06. The predicted molar refractivity (Wildman–Crippen MR) is 63.5 cm³/mol. The molecule has 0 spiro atoms. The fourth-order valence-electron chi connectivity index (χ4n) is 1.44. The number of aromatic nitrogens is 1. The second kappa shape index (κ2) is 6.64. The highest BCUT2D eigenvalue weighted by molar-refractivity contribution is 6.33. The molecule has 0 fully saturated rings. The van der Waals surface area contributed by atoms with Crippen molar-refractivity contribution in [2.45, 2.75) is 19.3 Å². The first-order valence-corrected chi connectivity index (χ1v) is 5.55. The van der Waals surface area contributed by atoms with Gasteiger partial charge in [0.1, 0.15) is 0 Å². The zero-order chi connectivity index (χ0) is 11.1. The van der Waals surface area contributed by atoms with E-state index in [2.05, 4.69) is 9.88 Å². The van der Waals surface area contributed by atoms with Crippen LogP contribution in [-0.4, -0.2) is 30.3 Å². The van der Waals surface area contributed by atoms with Gasteiger partial charge in [0.2, 0.25) is 0 Å². The van der Waals surface area contributed by atoms with Crippen molar-refractivity contribution in [3.05, 3.63) is 23.5 Å². The van der Waals surface area contributed by atoms with Gasteiger partial charge < -0.3 is 10.0 Å². The van der Waals surface area contributed by atoms with Gasteiger partial charge in [-0.2, -0.15) is 0 Å². The summed E-state index contributed by atoms with van der Waals surface area (Å²) in [5, 5.41) is 9.33. The van der Waals surface area contributed by atoms with Crippen molar-refractivity contribution in [1.82, 2.24) is 4.98 Å². The Balaban J connectivity index is 2.40. The second-order valence-electron chi connectivity index (χ2n) is 3.53. The van der Waals surface area contributed by atoms with Crippen LogP contribution >= 0.6 is 11.6 Å². The zero-order valence-corrected chi connectivity index (χ0v) is 9.74. The molecule has 0 atom stereocenters. The summed E-state index contributed by atoms with van der Waals surface area (Å²) >= 11 is 6.02. The molecule has 0 saturated carbocycles. The van der Waals surface area contributed by atoms with Gasteiger partial charge in [-0.1, -0.05) is 11.6 Å². The molecule has 84 valence electrons. The second-order valence-corrected chi connectivity index (χ2v) is 3.94. The summed E-state index contributed by atoms with van der Waals surface area (Å²) in [6.45, 7) is 1.23. The molecule has 3 nitrogen and oxygen atoms in total. The van der Waals surface area contributed by atoms with Crippen LogP contribution in [0.4, 0.5) is 5.69 Å². The summed E-state index contributed by atoms with van der Waals surface area (Å²) in [6, 6.07) is 1.91. The lowest BCUT2D eigenvalue weighted by atomic mass is 10.2. The quantitative estimate of drug-likeness (QED) is 0.760. The normalized spacial score (nSPS) is 10.3. The third-order valence-electron chi connectivity index (χ3n) is 2.31. The number of halogens is 1. The summed E-state index contributed by atoms with van der Waals surface area (Å²) in [6.07, 6.45) is 6.38. The van der Waals surface area contributed by atoms with E-state index in [0.717, 1.165) is 31.5 Å². The van der Waals surface area contributed by atoms with Gasteiger partial charge in [0.15, 0.2) is 0 Å². The lowest BCUT2D eigenvalue weighted by molar-refractivity contribution is 0.283. The minimum atomic E-state index is 0.278. The van der Waals surface area contributed by atoms with Crippen molar-refractivity contribution in [2.75, 3.05) is 25.1 Å². The van der Waals surface area contributed by atoms with E-state index < -0.39 is 0 Å². The van der Waals surface area contributed by atoms with Gasteiger partial charge in [0.05, 0.1) is 10.7 Å². The molecule has 0 aliphatic heterocycles. The Morgan fingerprint density at radius 2 is 2.20 bits per heavy atom. The third-order valence-corrected chi connectivity index (χ3v) is 2.61. The predicted octanol–water partition coefficient (Wildman–Crippen LogP) is 2.33. The number of aliphatic hydroxyl groups is 1. The van der Waals surface area contributed by atoms with Crippen LogP contribution < -0.4 is 4.90 Å². The van der Waals surface area contributed by atoms with Crippen molar-refractivity contribution in [3.63, 3.8) is 0 Å². The molecular weight excluding hydrogens is 212 g/mol. The molecule has 0 aliphatic rings. The summed E-state index contributed by atoms with van der Waals surface area (Å²) in [5.74, 6) is 0. The molecule has 1 aromatic rings. The molecule has 15 heavy (non-hydrogen) atoms. The van der Waals surface area contributed by atoms with Crippen LogP contribution in [0.25, 0.3) is 0 Å². The van der Waals surface area contributed by atoms with Crippen LogP contribution in [0.5, 0.6) is 0 Å². The largest absolute Gasteiger partial charge is 0.396 e. The van der Waals surface area contributed by atoms with E-state index in [1.165, 1.54) is 0 Å². The van der Waals surface area contributed by atoms with E-state index in [1.54, 1.807) is 12.4 Å². The fourth-order valence-corrected chi connectivity index (χ4v) is 1.70. The van der Waals surface area contributed by atoms with Crippen LogP contribution in [0.15, 0.2) is 18.5 Å². The van der Waals surface area contributed by atoms with Gasteiger partial charge in [-0.05, 0) is 25.3 Å². The molecule has 0 aromatic carbocycles. The zero-order valence-electron chi connectivity index (χ0n) is 8.99. The van der Waals surface area contributed by atoms with Crippen molar-refractivity contribution in [3.8, 4) is 0 Å². The number of pyridine rings is 1. The Labute approximate surface area is 95.7 Å². The number of unbranched alkanes of at least 4 members (excludes halogenated alkanes) is 2. The van der Waals surface area contributed by atoms with Crippen LogP contribution in [0.2, 0.25) is 5.02 Å². The van der Waals surface area contributed by atoms with E-state index in [0.29, 0.717) is 5.02 Å². The van der Waals surface area contributed by atoms with E-state index in [9.17, 15) is 0 Å². The average molecular weight is 229 g/mol. The molecular formula is C11H17ClN2O. The number of hydrogen-bond donors (Lipinski definition) is 1. The van der Waals surface area contributed by atoms with Gasteiger partial charge in [-0.25, -0.2) is 0 Å². The first kappa shape index (κ1) is 12.3. The average Bonchev–Trinajstić information content (AvgIpc) is 2.25. The number of anilines is 1. The monoisotopic (exact) mass is 228 g/mol. The fraction of sp³-hybridized carbons (Fsp3) is 0.545. The van der Waals surface area contributed by atoms with Crippen molar-refractivity contribution >= 4 is 17.3 Å². The summed E-state index contributed by atoms with van der Waals surface area (Å²) < 4.78 is 0. The number of aliphatic hydroxyl groups excluding tert-OH is 1. The molecule has 1 aromatic heterocycles. The highest BCUT2D eigenvalue weighted by Gasteiger charge is 2.04. The first-order valence-electron chi connectivity index (χ1n) is 5.17. The lowest BCUT2D eigenvalue weighted by Crippen LogP contribution is -2.18. The molecule has 1 N–H and O–H groups in total. The van der Waals surface area contributed by atoms with Gasteiger partial charge in [-0.15, -0.1) is 0 Å². The SMILES string of the molecule is CN(CCCCCO)c1ccncc1Cl. The molecule has 4 heteroatoms. The van der Waals surface area contributed by atoms with Crippen molar-refractivity contribution < 1.29 is 5.11 Å². The number of nitrogens with zero attached hydrogens (tertiary/aromatic N) is 2. The lowest BCUT2D eigenvalue weighted by Gasteiger charge is -2.19. The smallest absolute Gasteiger partial charge is 0.0822 e. The van der Waals surface area contributed by atoms with E-state index in [4.69, 9.17) is 16.7 Å². The van der Waals surface area contributed by atoms with Gasteiger partial charge in [0, 0.05) is 32.6 Å². The summed E-state index contributed by atoms with van der Waals surface area (Å²) in [5.41, 5.74) is 1.01. The maximum atomic E-state index is 8.65. The van der Waals surface area contributed by atoms with Crippen LogP contribution in [0.1, 0.15) is 19.3 Å². The van der Waals surface area contributed by atoms with Crippen LogP contribution in [-0.2, 0) is 0 Å². The molecule has 0 amide bonds. The molecule has 1 heterocycles. The number of hydrogen-bond acceptors (Lipinski definition) is 3.